The molecule has 4 nitrogen and oxygen atoms in total. The number of hydrogen-bond acceptors (Lipinski definition) is 4. The number of carbonyl (C=O) groups excluding carboxylic acids is 1. The Balaban J connectivity index is 2.18. The van der Waals surface area contributed by atoms with Crippen molar-refractivity contribution in [1.29, 1.82) is 5.26 Å². The van der Waals surface area contributed by atoms with Crippen molar-refractivity contribution < 1.29 is 4.79 Å². The zero-order valence-corrected chi connectivity index (χ0v) is 9.61. The van der Waals surface area contributed by atoms with Crippen LogP contribution in [-0.2, 0) is 6.54 Å². The number of ketones is 1. The predicted octanol–water partition coefficient (Wildman–Crippen LogP) is 1.66. The minimum absolute atomic E-state index is 0.0359. The number of Topliss-reactive ketones (excluding diaryl/α,β-unsaturated/α-hetero) is 1. The smallest absolute Gasteiger partial charge is 0.298 e. The molecule has 5 heteroatoms. The molecule has 0 aliphatic heterocycles. The van der Waals surface area contributed by atoms with Crippen molar-refractivity contribution in [2.75, 3.05) is 0 Å². The summed E-state index contributed by atoms with van der Waals surface area (Å²) in [5.74, 6) is -0.144. The zero-order chi connectivity index (χ0) is 12.3. The monoisotopic (exact) mass is 244 g/mol. The Labute approximate surface area is 101 Å². The largest absolute Gasteiger partial charge is 0.307 e. The highest BCUT2D eigenvalue weighted by Gasteiger charge is 2.08. The third kappa shape index (κ3) is 2.49. The van der Waals surface area contributed by atoms with E-state index in [9.17, 15) is 9.59 Å². The number of benzene rings is 1. The molecule has 2 rings (SSSR count). The van der Waals surface area contributed by atoms with Gasteiger partial charge in [0.1, 0.15) is 0 Å². The number of thiazole rings is 1. The van der Waals surface area contributed by atoms with Crippen molar-refractivity contribution in [1.82, 2.24) is 4.57 Å². The van der Waals surface area contributed by atoms with Crippen LogP contribution in [0.3, 0.4) is 0 Å². The van der Waals surface area contributed by atoms with Gasteiger partial charge in [0.15, 0.2) is 5.78 Å². The quantitative estimate of drug-likeness (QED) is 0.771. The van der Waals surface area contributed by atoms with Gasteiger partial charge in [-0.15, -0.1) is 0 Å². The molecule has 0 atom stereocenters. The van der Waals surface area contributed by atoms with Crippen molar-refractivity contribution in [3.05, 3.63) is 56.6 Å². The van der Waals surface area contributed by atoms with Crippen molar-refractivity contribution in [3.63, 3.8) is 0 Å². The van der Waals surface area contributed by atoms with Crippen LogP contribution in [0.25, 0.3) is 0 Å². The van der Waals surface area contributed by atoms with Gasteiger partial charge in [0.05, 0.1) is 18.2 Å². The molecule has 17 heavy (non-hydrogen) atoms. The van der Waals surface area contributed by atoms with E-state index >= 15 is 0 Å². The molecular weight excluding hydrogens is 236 g/mol. The molecular formula is C12H8N2O2S. The molecule has 1 aromatic carbocycles. The predicted molar refractivity (Wildman–Crippen MR) is 64.1 cm³/mol. The maximum Gasteiger partial charge on any atom is 0.307 e. The summed E-state index contributed by atoms with van der Waals surface area (Å²) in [6, 6.07) is 8.35. The molecule has 1 heterocycles. The van der Waals surface area contributed by atoms with E-state index in [-0.39, 0.29) is 17.2 Å². The van der Waals surface area contributed by atoms with Crippen LogP contribution in [0.1, 0.15) is 15.9 Å². The molecule has 84 valence electrons. The summed E-state index contributed by atoms with van der Waals surface area (Å²) in [6.45, 7) is 0.0359. The van der Waals surface area contributed by atoms with E-state index < -0.39 is 0 Å². The van der Waals surface area contributed by atoms with Gasteiger partial charge in [-0.2, -0.15) is 5.26 Å². The number of carbonyl (C=O) groups is 1. The lowest BCUT2D eigenvalue weighted by atomic mass is 10.1. The van der Waals surface area contributed by atoms with Gasteiger partial charge in [-0.25, -0.2) is 0 Å². The first kappa shape index (κ1) is 11.3. The minimum Gasteiger partial charge on any atom is -0.298 e. The SMILES string of the molecule is N#Cc1ccc(C(=O)Cn2ccsc2=O)cc1. The van der Waals surface area contributed by atoms with Gasteiger partial charge in [-0.05, 0) is 12.1 Å². The molecule has 0 spiro atoms. The lowest BCUT2D eigenvalue weighted by molar-refractivity contribution is 0.0971. The van der Waals surface area contributed by atoms with Crippen molar-refractivity contribution in [3.8, 4) is 6.07 Å². The zero-order valence-electron chi connectivity index (χ0n) is 8.79. The lowest BCUT2D eigenvalue weighted by Gasteiger charge is -2.01. The van der Waals surface area contributed by atoms with Gasteiger partial charge < -0.3 is 0 Å². The second-order valence-corrected chi connectivity index (χ2v) is 4.27. The number of rotatable bonds is 3. The Bertz CT molecular complexity index is 632. The second kappa shape index (κ2) is 4.76. The highest BCUT2D eigenvalue weighted by Crippen LogP contribution is 2.05. The third-order valence-electron chi connectivity index (χ3n) is 2.29. The fourth-order valence-corrected chi connectivity index (χ4v) is 1.97. The summed E-state index contributed by atoms with van der Waals surface area (Å²) in [6.07, 6.45) is 1.59. The van der Waals surface area contributed by atoms with Crippen LogP contribution < -0.4 is 4.87 Å². The van der Waals surface area contributed by atoms with E-state index in [0.29, 0.717) is 11.1 Å². The van der Waals surface area contributed by atoms with E-state index in [1.165, 1.54) is 4.57 Å². The van der Waals surface area contributed by atoms with Gasteiger partial charge in [0.2, 0.25) is 0 Å². The standard InChI is InChI=1S/C12H8N2O2S/c13-7-9-1-3-10(4-2-9)11(15)8-14-5-6-17-12(14)16/h1-6H,8H2. The molecule has 0 bridgehead atoms. The molecule has 0 N–H and O–H groups in total. The maximum absolute atomic E-state index is 11.8. The number of nitrogens with zero attached hydrogens (tertiary/aromatic N) is 2. The molecule has 2 aromatic rings. The van der Waals surface area contributed by atoms with Gasteiger partial charge in [-0.3, -0.25) is 14.2 Å². The summed E-state index contributed by atoms with van der Waals surface area (Å²) >= 11 is 1.06. The van der Waals surface area contributed by atoms with Crippen molar-refractivity contribution >= 4 is 17.1 Å². The highest BCUT2D eigenvalue weighted by atomic mass is 32.1. The lowest BCUT2D eigenvalue weighted by Crippen LogP contribution is -2.18. The Morgan fingerprint density at radius 2 is 2.06 bits per heavy atom. The van der Waals surface area contributed by atoms with E-state index in [1.807, 2.05) is 6.07 Å². The first-order chi connectivity index (χ1) is 8.20. The van der Waals surface area contributed by atoms with Crippen LogP contribution in [0.5, 0.6) is 0 Å². The van der Waals surface area contributed by atoms with E-state index in [4.69, 9.17) is 5.26 Å². The Kier molecular flexibility index (Phi) is 3.17. The molecule has 0 unspecified atom stereocenters. The average Bonchev–Trinajstić information content (AvgIpc) is 2.75. The van der Waals surface area contributed by atoms with Gasteiger partial charge in [0.25, 0.3) is 0 Å². The number of aromatic nitrogens is 1. The van der Waals surface area contributed by atoms with E-state index in [0.717, 1.165) is 11.3 Å². The van der Waals surface area contributed by atoms with Crippen LogP contribution in [0, 0.1) is 11.3 Å². The average molecular weight is 244 g/mol. The Hall–Kier alpha value is -2.19. The Morgan fingerprint density at radius 3 is 2.59 bits per heavy atom. The van der Waals surface area contributed by atoms with Gasteiger partial charge in [-0.1, -0.05) is 23.5 Å². The summed E-state index contributed by atoms with van der Waals surface area (Å²) < 4.78 is 1.37. The van der Waals surface area contributed by atoms with Crippen LogP contribution in [0.2, 0.25) is 0 Å². The van der Waals surface area contributed by atoms with Crippen LogP contribution >= 0.6 is 11.3 Å². The summed E-state index contributed by atoms with van der Waals surface area (Å²) in [4.78, 5) is 23.0. The fraction of sp³-hybridized carbons (Fsp3) is 0.0833. The van der Waals surface area contributed by atoms with Crippen molar-refractivity contribution in [2.45, 2.75) is 6.54 Å². The van der Waals surface area contributed by atoms with E-state index in [1.54, 1.807) is 35.8 Å². The number of hydrogen-bond donors (Lipinski definition) is 0. The second-order valence-electron chi connectivity index (χ2n) is 3.41. The topological polar surface area (TPSA) is 62.9 Å². The minimum atomic E-state index is -0.146. The van der Waals surface area contributed by atoms with Gasteiger partial charge >= 0.3 is 4.87 Å². The first-order valence-corrected chi connectivity index (χ1v) is 5.76. The fourth-order valence-electron chi connectivity index (χ4n) is 1.38. The van der Waals surface area contributed by atoms with Crippen molar-refractivity contribution in [2.24, 2.45) is 0 Å². The highest BCUT2D eigenvalue weighted by molar-refractivity contribution is 7.07. The molecule has 0 saturated carbocycles. The normalized spacial score (nSPS) is 9.82. The van der Waals surface area contributed by atoms with E-state index in [2.05, 4.69) is 0 Å². The third-order valence-corrected chi connectivity index (χ3v) is 2.99. The van der Waals surface area contributed by atoms with Crippen LogP contribution in [-0.4, -0.2) is 10.4 Å². The first-order valence-electron chi connectivity index (χ1n) is 4.88. The van der Waals surface area contributed by atoms with Crippen LogP contribution in [0.4, 0.5) is 0 Å². The summed E-state index contributed by atoms with van der Waals surface area (Å²) in [5.41, 5.74) is 1.01. The Morgan fingerprint density at radius 1 is 1.35 bits per heavy atom. The molecule has 0 aliphatic rings. The molecule has 1 aromatic heterocycles. The molecule has 0 aliphatic carbocycles. The summed E-state index contributed by atoms with van der Waals surface area (Å²) in [5, 5.41) is 10.3. The summed E-state index contributed by atoms with van der Waals surface area (Å²) in [7, 11) is 0. The van der Waals surface area contributed by atoms with Crippen LogP contribution in [0.15, 0.2) is 40.6 Å². The van der Waals surface area contributed by atoms with Gasteiger partial charge in [0, 0.05) is 17.1 Å². The molecule has 0 fully saturated rings. The maximum atomic E-state index is 11.8. The molecule has 0 amide bonds. The molecule has 0 saturated heterocycles. The molecule has 0 radical (unpaired) electrons. The number of nitriles is 1.